The third kappa shape index (κ3) is 2.67. The van der Waals surface area contributed by atoms with E-state index < -0.39 is 5.91 Å². The molecule has 0 saturated carbocycles. The molecule has 0 unspecified atom stereocenters. The third-order valence-electron chi connectivity index (χ3n) is 4.28. The van der Waals surface area contributed by atoms with Gasteiger partial charge in [-0.15, -0.1) is 0 Å². The Bertz CT molecular complexity index is 1050. The Morgan fingerprint density at radius 2 is 1.85 bits per heavy atom. The standard InChI is InChI=1S/C20H15N3O3/c24-17-10-2-1-5-14(17)11-21-22-18(25)12-23-16-9-4-7-13-6-3-8-15(19(13)16)20(23)26/h1-11,24H,12H2,(H,22,25)/b21-11-. The highest BCUT2D eigenvalue weighted by Gasteiger charge is 2.30. The van der Waals surface area contributed by atoms with Crippen LogP contribution in [0.1, 0.15) is 15.9 Å². The molecule has 1 aliphatic heterocycles. The van der Waals surface area contributed by atoms with Crippen molar-refractivity contribution in [2.45, 2.75) is 0 Å². The minimum Gasteiger partial charge on any atom is -0.507 e. The first-order valence-corrected chi connectivity index (χ1v) is 8.08. The highest BCUT2D eigenvalue weighted by Crippen LogP contribution is 2.36. The number of anilines is 1. The van der Waals surface area contributed by atoms with Gasteiger partial charge in [-0.3, -0.25) is 14.5 Å². The van der Waals surface area contributed by atoms with Crippen molar-refractivity contribution in [1.82, 2.24) is 5.43 Å². The van der Waals surface area contributed by atoms with Gasteiger partial charge in [0.15, 0.2) is 0 Å². The number of benzene rings is 3. The number of amides is 2. The Labute approximate surface area is 149 Å². The Balaban J connectivity index is 1.50. The van der Waals surface area contributed by atoms with Gasteiger partial charge < -0.3 is 5.11 Å². The summed E-state index contributed by atoms with van der Waals surface area (Å²) in [7, 11) is 0. The van der Waals surface area contributed by atoms with Crippen molar-refractivity contribution >= 4 is 34.5 Å². The molecule has 2 amide bonds. The van der Waals surface area contributed by atoms with Crippen LogP contribution in [-0.2, 0) is 4.79 Å². The summed E-state index contributed by atoms with van der Waals surface area (Å²) in [4.78, 5) is 26.3. The first kappa shape index (κ1) is 15.8. The second-order valence-corrected chi connectivity index (χ2v) is 5.92. The minimum atomic E-state index is -0.421. The van der Waals surface area contributed by atoms with Crippen LogP contribution in [0.15, 0.2) is 65.8 Å². The summed E-state index contributed by atoms with van der Waals surface area (Å²) in [6.07, 6.45) is 1.36. The number of carbonyl (C=O) groups excluding carboxylic acids is 2. The van der Waals surface area contributed by atoms with Gasteiger partial charge >= 0.3 is 0 Å². The van der Waals surface area contributed by atoms with E-state index in [2.05, 4.69) is 10.5 Å². The molecule has 3 aromatic carbocycles. The van der Waals surface area contributed by atoms with Gasteiger partial charge in [0.1, 0.15) is 12.3 Å². The van der Waals surface area contributed by atoms with Crippen LogP contribution in [0.5, 0.6) is 5.75 Å². The van der Waals surface area contributed by atoms with Crippen LogP contribution in [0.2, 0.25) is 0 Å². The molecular formula is C20H15N3O3. The topological polar surface area (TPSA) is 82.0 Å². The number of hydrazone groups is 1. The third-order valence-corrected chi connectivity index (χ3v) is 4.28. The van der Waals surface area contributed by atoms with E-state index in [-0.39, 0.29) is 18.2 Å². The molecule has 6 nitrogen and oxygen atoms in total. The van der Waals surface area contributed by atoms with E-state index in [1.807, 2.05) is 30.3 Å². The molecule has 128 valence electrons. The lowest BCUT2D eigenvalue weighted by molar-refractivity contribution is -0.119. The second-order valence-electron chi connectivity index (χ2n) is 5.92. The number of rotatable bonds is 4. The van der Waals surface area contributed by atoms with Gasteiger partial charge in [0.05, 0.1) is 11.9 Å². The van der Waals surface area contributed by atoms with E-state index >= 15 is 0 Å². The first-order valence-electron chi connectivity index (χ1n) is 8.08. The maximum Gasteiger partial charge on any atom is 0.260 e. The summed E-state index contributed by atoms with van der Waals surface area (Å²) in [5.41, 5.74) is 4.20. The van der Waals surface area contributed by atoms with Crippen LogP contribution in [-0.4, -0.2) is 29.7 Å². The zero-order valence-electron chi connectivity index (χ0n) is 13.7. The molecule has 1 heterocycles. The lowest BCUT2D eigenvalue weighted by Gasteiger charge is -2.16. The molecule has 6 heteroatoms. The maximum atomic E-state index is 12.6. The molecular weight excluding hydrogens is 330 g/mol. The van der Waals surface area contributed by atoms with Gasteiger partial charge in [-0.05, 0) is 29.7 Å². The summed E-state index contributed by atoms with van der Waals surface area (Å²) in [6.45, 7) is -0.134. The normalized spacial score (nSPS) is 12.9. The summed E-state index contributed by atoms with van der Waals surface area (Å²) in [5.74, 6) is -0.547. The number of phenolic OH excluding ortho intramolecular Hbond substituents is 1. The predicted octanol–water partition coefficient (Wildman–Crippen LogP) is 2.66. The number of hydrogen-bond acceptors (Lipinski definition) is 4. The molecule has 0 bridgehead atoms. The van der Waals surface area contributed by atoms with E-state index in [1.54, 1.807) is 24.3 Å². The average molecular weight is 345 g/mol. The zero-order chi connectivity index (χ0) is 18.1. The number of aromatic hydroxyl groups is 1. The Hall–Kier alpha value is -3.67. The zero-order valence-corrected chi connectivity index (χ0v) is 13.7. The van der Waals surface area contributed by atoms with Gasteiger partial charge in [-0.1, -0.05) is 36.4 Å². The molecule has 0 aromatic heterocycles. The number of nitrogens with one attached hydrogen (secondary N) is 1. The molecule has 2 N–H and O–H groups in total. The SMILES string of the molecule is O=C(CN1C(=O)c2cccc3cccc1c23)N/N=C\c1ccccc1O. The maximum absolute atomic E-state index is 12.6. The minimum absolute atomic E-state index is 0.0716. The van der Waals surface area contributed by atoms with Crippen molar-refractivity contribution in [3.05, 3.63) is 71.8 Å². The largest absolute Gasteiger partial charge is 0.507 e. The number of hydrogen-bond donors (Lipinski definition) is 2. The van der Waals surface area contributed by atoms with Gasteiger partial charge in [-0.2, -0.15) is 5.10 Å². The van der Waals surface area contributed by atoms with Crippen molar-refractivity contribution in [2.75, 3.05) is 11.4 Å². The summed E-state index contributed by atoms with van der Waals surface area (Å²) < 4.78 is 0. The summed E-state index contributed by atoms with van der Waals surface area (Å²) >= 11 is 0. The molecule has 0 atom stereocenters. The molecule has 4 rings (SSSR count). The van der Waals surface area contributed by atoms with E-state index in [0.29, 0.717) is 11.1 Å². The molecule has 0 spiro atoms. The van der Waals surface area contributed by atoms with E-state index in [4.69, 9.17) is 0 Å². The molecule has 3 aromatic rings. The second kappa shape index (κ2) is 6.33. The Kier molecular flexibility index (Phi) is 3.85. The van der Waals surface area contributed by atoms with Crippen LogP contribution in [0.4, 0.5) is 5.69 Å². The summed E-state index contributed by atoms with van der Waals surface area (Å²) in [5, 5.41) is 15.3. The van der Waals surface area contributed by atoms with E-state index in [1.165, 1.54) is 17.2 Å². The van der Waals surface area contributed by atoms with Crippen LogP contribution < -0.4 is 10.3 Å². The molecule has 0 fully saturated rings. The molecule has 1 aliphatic rings. The van der Waals surface area contributed by atoms with Crippen LogP contribution >= 0.6 is 0 Å². The first-order chi connectivity index (χ1) is 12.6. The number of nitrogens with zero attached hydrogens (tertiary/aromatic N) is 2. The fourth-order valence-electron chi connectivity index (χ4n) is 3.09. The molecule has 26 heavy (non-hydrogen) atoms. The Morgan fingerprint density at radius 1 is 1.08 bits per heavy atom. The fraction of sp³-hybridized carbons (Fsp3) is 0.0500. The molecule has 0 aliphatic carbocycles. The average Bonchev–Trinajstić information content (AvgIpc) is 2.91. The Morgan fingerprint density at radius 3 is 2.65 bits per heavy atom. The van der Waals surface area contributed by atoms with Crippen molar-refractivity contribution in [3.63, 3.8) is 0 Å². The fourth-order valence-corrected chi connectivity index (χ4v) is 3.09. The van der Waals surface area contributed by atoms with E-state index in [0.717, 1.165) is 16.5 Å². The summed E-state index contributed by atoms with van der Waals surface area (Å²) in [6, 6.07) is 17.8. The van der Waals surface area contributed by atoms with E-state index in [9.17, 15) is 14.7 Å². The number of carbonyl (C=O) groups is 2. The number of para-hydroxylation sites is 1. The van der Waals surface area contributed by atoms with Gasteiger partial charge in [-0.25, -0.2) is 5.43 Å². The van der Waals surface area contributed by atoms with Gasteiger partial charge in [0.25, 0.3) is 11.8 Å². The molecule has 0 radical (unpaired) electrons. The highest BCUT2D eigenvalue weighted by atomic mass is 16.3. The molecule has 0 saturated heterocycles. The lowest BCUT2D eigenvalue weighted by Crippen LogP contribution is -2.37. The van der Waals surface area contributed by atoms with Crippen LogP contribution in [0, 0.1) is 0 Å². The van der Waals surface area contributed by atoms with Gasteiger partial charge in [0, 0.05) is 16.5 Å². The van der Waals surface area contributed by atoms with Crippen molar-refractivity contribution in [2.24, 2.45) is 5.10 Å². The van der Waals surface area contributed by atoms with Crippen molar-refractivity contribution < 1.29 is 14.7 Å². The van der Waals surface area contributed by atoms with Crippen molar-refractivity contribution in [3.8, 4) is 5.75 Å². The van der Waals surface area contributed by atoms with Gasteiger partial charge in [0.2, 0.25) is 0 Å². The quantitative estimate of drug-likeness (QED) is 0.563. The number of phenols is 1. The smallest absolute Gasteiger partial charge is 0.260 e. The lowest BCUT2D eigenvalue weighted by atomic mass is 10.1. The predicted molar refractivity (Wildman–Crippen MR) is 99.5 cm³/mol. The van der Waals surface area contributed by atoms with Crippen LogP contribution in [0.3, 0.4) is 0 Å². The monoisotopic (exact) mass is 345 g/mol. The van der Waals surface area contributed by atoms with Crippen molar-refractivity contribution in [1.29, 1.82) is 0 Å². The highest BCUT2D eigenvalue weighted by molar-refractivity contribution is 6.26. The van der Waals surface area contributed by atoms with Crippen LogP contribution in [0.25, 0.3) is 10.8 Å².